The number of rotatable bonds is 6. The summed E-state index contributed by atoms with van der Waals surface area (Å²) in [5.41, 5.74) is 0. The maximum atomic E-state index is 12.3. The highest BCUT2D eigenvalue weighted by atomic mass is 16.5. The minimum absolute atomic E-state index is 0.0348. The van der Waals surface area contributed by atoms with Crippen LogP contribution >= 0.6 is 0 Å². The summed E-state index contributed by atoms with van der Waals surface area (Å²) >= 11 is 0. The van der Waals surface area contributed by atoms with Crippen molar-refractivity contribution in [3.63, 3.8) is 0 Å². The Labute approximate surface area is 120 Å². The first-order valence-corrected chi connectivity index (χ1v) is 7.23. The second-order valence-electron chi connectivity index (χ2n) is 5.68. The summed E-state index contributed by atoms with van der Waals surface area (Å²) in [4.78, 5) is 26.4. The molecular formula is C14H26N2O4. The number of hydrogen-bond donors (Lipinski definition) is 1. The molecule has 2 amide bonds. The second-order valence-corrected chi connectivity index (χ2v) is 5.68. The first kappa shape index (κ1) is 16.8. The van der Waals surface area contributed by atoms with E-state index < -0.39 is 5.97 Å². The van der Waals surface area contributed by atoms with Gasteiger partial charge in [0, 0.05) is 33.1 Å². The summed E-state index contributed by atoms with van der Waals surface area (Å²) in [6.45, 7) is 6.25. The van der Waals surface area contributed by atoms with Gasteiger partial charge in [-0.1, -0.05) is 0 Å². The Balaban J connectivity index is 2.39. The lowest BCUT2D eigenvalue weighted by atomic mass is 9.95. The molecule has 1 aliphatic heterocycles. The predicted octanol–water partition coefficient (Wildman–Crippen LogP) is 1.65. The first-order chi connectivity index (χ1) is 9.40. The van der Waals surface area contributed by atoms with Crippen molar-refractivity contribution in [2.45, 2.75) is 39.2 Å². The summed E-state index contributed by atoms with van der Waals surface area (Å²) in [6, 6.07) is -0.0348. The first-order valence-electron chi connectivity index (χ1n) is 7.23. The fourth-order valence-corrected chi connectivity index (χ4v) is 2.41. The molecule has 1 saturated heterocycles. The molecular weight excluding hydrogens is 260 g/mol. The highest BCUT2D eigenvalue weighted by molar-refractivity contribution is 5.74. The van der Waals surface area contributed by atoms with Gasteiger partial charge in [-0.2, -0.15) is 0 Å². The molecule has 0 radical (unpaired) electrons. The Morgan fingerprint density at radius 1 is 1.45 bits per heavy atom. The van der Waals surface area contributed by atoms with Crippen molar-refractivity contribution in [2.75, 3.05) is 33.3 Å². The molecule has 0 aliphatic carbocycles. The van der Waals surface area contributed by atoms with Gasteiger partial charge in [-0.15, -0.1) is 0 Å². The molecule has 1 atom stereocenters. The van der Waals surface area contributed by atoms with Gasteiger partial charge in [0.25, 0.3) is 0 Å². The van der Waals surface area contributed by atoms with Crippen molar-refractivity contribution in [3.8, 4) is 0 Å². The number of carbonyl (C=O) groups excluding carboxylic acids is 1. The maximum Gasteiger partial charge on any atom is 0.319 e. The van der Waals surface area contributed by atoms with Crippen molar-refractivity contribution in [3.05, 3.63) is 0 Å². The normalized spacial score (nSPS) is 19.2. The number of ether oxygens (including phenoxy) is 1. The van der Waals surface area contributed by atoms with E-state index in [1.807, 2.05) is 13.8 Å². The highest BCUT2D eigenvalue weighted by Gasteiger charge is 2.26. The lowest BCUT2D eigenvalue weighted by Crippen LogP contribution is -2.47. The Hall–Kier alpha value is -1.30. The second kappa shape index (κ2) is 8.09. The monoisotopic (exact) mass is 286 g/mol. The molecule has 0 saturated carbocycles. The molecule has 1 heterocycles. The quantitative estimate of drug-likeness (QED) is 0.806. The fourth-order valence-electron chi connectivity index (χ4n) is 2.41. The van der Waals surface area contributed by atoms with E-state index >= 15 is 0 Å². The molecule has 1 unspecified atom stereocenters. The molecule has 0 bridgehead atoms. The van der Waals surface area contributed by atoms with E-state index in [1.54, 1.807) is 16.8 Å². The van der Waals surface area contributed by atoms with E-state index in [0.717, 1.165) is 12.8 Å². The molecule has 0 aromatic heterocycles. The van der Waals surface area contributed by atoms with Crippen LogP contribution < -0.4 is 0 Å². The van der Waals surface area contributed by atoms with Crippen LogP contribution in [0.4, 0.5) is 4.79 Å². The van der Waals surface area contributed by atoms with Crippen molar-refractivity contribution in [1.82, 2.24) is 9.80 Å². The topological polar surface area (TPSA) is 70.1 Å². The van der Waals surface area contributed by atoms with E-state index in [1.165, 1.54) is 0 Å². The van der Waals surface area contributed by atoms with Gasteiger partial charge in [-0.25, -0.2) is 4.79 Å². The van der Waals surface area contributed by atoms with Crippen LogP contribution in [-0.4, -0.2) is 66.3 Å². The summed E-state index contributed by atoms with van der Waals surface area (Å²) < 4.78 is 5.43. The van der Waals surface area contributed by atoms with E-state index in [2.05, 4.69) is 0 Å². The van der Waals surface area contributed by atoms with Gasteiger partial charge in [0.2, 0.25) is 0 Å². The SMILES string of the molecule is CC(C)OCCN(C)C(=O)N1CCCC(CC(=O)O)C1. The van der Waals surface area contributed by atoms with Crippen LogP contribution in [0.25, 0.3) is 0 Å². The van der Waals surface area contributed by atoms with Crippen LogP contribution in [0.2, 0.25) is 0 Å². The molecule has 1 fully saturated rings. The number of piperidine rings is 1. The molecule has 1 rings (SSSR count). The zero-order valence-electron chi connectivity index (χ0n) is 12.7. The standard InChI is InChI=1S/C14H26N2O4/c1-11(2)20-8-7-15(3)14(19)16-6-4-5-12(10-16)9-13(17)18/h11-12H,4-10H2,1-3H3,(H,17,18). The number of carboxylic acid groups (broad SMARTS) is 1. The molecule has 0 aromatic rings. The summed E-state index contributed by atoms with van der Waals surface area (Å²) in [5.74, 6) is -0.714. The van der Waals surface area contributed by atoms with Gasteiger partial charge in [-0.05, 0) is 32.6 Å². The van der Waals surface area contributed by atoms with E-state index in [4.69, 9.17) is 9.84 Å². The molecule has 116 valence electrons. The number of aliphatic carboxylic acids is 1. The zero-order chi connectivity index (χ0) is 15.1. The molecule has 0 spiro atoms. The largest absolute Gasteiger partial charge is 0.481 e. The number of carboxylic acids is 1. The van der Waals surface area contributed by atoms with Crippen LogP contribution in [-0.2, 0) is 9.53 Å². The number of nitrogens with zero attached hydrogens (tertiary/aromatic N) is 2. The molecule has 6 heteroatoms. The van der Waals surface area contributed by atoms with Gasteiger partial charge >= 0.3 is 12.0 Å². The number of amides is 2. The number of likely N-dealkylation sites (tertiary alicyclic amines) is 1. The van der Waals surface area contributed by atoms with Crippen LogP contribution in [0, 0.1) is 5.92 Å². The molecule has 20 heavy (non-hydrogen) atoms. The van der Waals surface area contributed by atoms with Gasteiger partial charge < -0.3 is 19.6 Å². The van der Waals surface area contributed by atoms with Gasteiger partial charge in [0.15, 0.2) is 0 Å². The van der Waals surface area contributed by atoms with E-state index in [9.17, 15) is 9.59 Å². The maximum absolute atomic E-state index is 12.3. The van der Waals surface area contributed by atoms with Crippen LogP contribution in [0.3, 0.4) is 0 Å². The molecule has 1 N–H and O–H groups in total. The van der Waals surface area contributed by atoms with Gasteiger partial charge in [0.05, 0.1) is 12.7 Å². The number of carbonyl (C=O) groups is 2. The Bertz CT molecular complexity index is 333. The Morgan fingerprint density at radius 3 is 2.75 bits per heavy atom. The van der Waals surface area contributed by atoms with E-state index in [-0.39, 0.29) is 24.5 Å². The minimum atomic E-state index is -0.789. The average Bonchev–Trinajstić information content (AvgIpc) is 2.36. The third kappa shape index (κ3) is 5.77. The summed E-state index contributed by atoms with van der Waals surface area (Å²) in [6.07, 6.45) is 2.06. The van der Waals surface area contributed by atoms with Crippen molar-refractivity contribution < 1.29 is 19.4 Å². The minimum Gasteiger partial charge on any atom is -0.481 e. The van der Waals surface area contributed by atoms with Gasteiger partial charge in [0.1, 0.15) is 0 Å². The lowest BCUT2D eigenvalue weighted by Gasteiger charge is -2.34. The third-order valence-corrected chi connectivity index (χ3v) is 3.46. The number of urea groups is 1. The Kier molecular flexibility index (Phi) is 6.78. The third-order valence-electron chi connectivity index (χ3n) is 3.46. The Morgan fingerprint density at radius 2 is 2.15 bits per heavy atom. The predicted molar refractivity (Wildman–Crippen MR) is 75.7 cm³/mol. The molecule has 0 aromatic carbocycles. The smallest absolute Gasteiger partial charge is 0.319 e. The number of likely N-dealkylation sites (N-methyl/N-ethyl adjacent to an activating group) is 1. The zero-order valence-corrected chi connectivity index (χ0v) is 12.7. The summed E-state index contributed by atoms with van der Waals surface area (Å²) in [5, 5.41) is 8.84. The van der Waals surface area contributed by atoms with Crippen molar-refractivity contribution in [2.24, 2.45) is 5.92 Å². The van der Waals surface area contributed by atoms with E-state index in [0.29, 0.717) is 26.2 Å². The van der Waals surface area contributed by atoms with Crippen LogP contribution in [0.15, 0.2) is 0 Å². The average molecular weight is 286 g/mol. The highest BCUT2D eigenvalue weighted by Crippen LogP contribution is 2.20. The van der Waals surface area contributed by atoms with Crippen molar-refractivity contribution >= 4 is 12.0 Å². The summed E-state index contributed by atoms with van der Waals surface area (Å²) in [7, 11) is 1.76. The van der Waals surface area contributed by atoms with Crippen LogP contribution in [0.5, 0.6) is 0 Å². The molecule has 6 nitrogen and oxygen atoms in total. The van der Waals surface area contributed by atoms with Gasteiger partial charge in [-0.3, -0.25) is 4.79 Å². The van der Waals surface area contributed by atoms with Crippen LogP contribution in [0.1, 0.15) is 33.1 Å². The lowest BCUT2D eigenvalue weighted by molar-refractivity contribution is -0.138. The molecule has 1 aliphatic rings. The fraction of sp³-hybridized carbons (Fsp3) is 0.857. The van der Waals surface area contributed by atoms with Crippen molar-refractivity contribution in [1.29, 1.82) is 0 Å². The number of hydrogen-bond acceptors (Lipinski definition) is 3.